The molecule has 0 aliphatic heterocycles. The van der Waals surface area contributed by atoms with Crippen molar-refractivity contribution in [2.45, 2.75) is 6.92 Å². The van der Waals surface area contributed by atoms with Crippen molar-refractivity contribution < 1.29 is 96.9 Å². The van der Waals surface area contributed by atoms with Crippen LogP contribution in [0.3, 0.4) is 0 Å². The maximum absolute atomic E-state index is 9.56. The molecule has 0 unspecified atom stereocenters. The molecule has 0 bridgehead atoms. The molecule has 0 atom stereocenters. The Hall–Kier alpha value is 2.49. The van der Waals surface area contributed by atoms with Gasteiger partial charge in [-0.05, 0) is 6.92 Å². The Morgan fingerprint density at radius 1 is 1.20 bits per heavy atom. The summed E-state index contributed by atoms with van der Waals surface area (Å²) in [6, 6.07) is 0. The van der Waals surface area contributed by atoms with Crippen LogP contribution >= 0.6 is 0 Å². The summed E-state index contributed by atoms with van der Waals surface area (Å²) in [6.07, 6.45) is 0. The maximum atomic E-state index is 9.56. The standard InChI is InChI=1S/C2H6O3S.2ClH.2Na/c1-2-6(3,4)5;;;;/h2H2,1H3,(H,3,4,5);2*1H;;/q;;;2*+1/p-2. The number of hydrogen-bond acceptors (Lipinski definition) is 2. The van der Waals surface area contributed by atoms with Crippen molar-refractivity contribution in [2.24, 2.45) is 0 Å². The molecule has 0 aliphatic carbocycles. The minimum atomic E-state index is -3.66. The van der Waals surface area contributed by atoms with E-state index in [0.717, 1.165) is 0 Å². The van der Waals surface area contributed by atoms with Crippen LogP contribution in [-0.2, 0) is 10.1 Å². The Morgan fingerprint density at radius 2 is 1.30 bits per heavy atom. The molecule has 8 heteroatoms. The van der Waals surface area contributed by atoms with Crippen LogP contribution in [0.5, 0.6) is 0 Å². The Balaban J connectivity index is -0.0000000208. The minimum absolute atomic E-state index is 0. The van der Waals surface area contributed by atoms with E-state index in [1.54, 1.807) is 0 Å². The van der Waals surface area contributed by atoms with Crippen molar-refractivity contribution >= 4 is 10.1 Å². The molecule has 1 N–H and O–H groups in total. The predicted octanol–water partition coefficient (Wildman–Crippen LogP) is -12.1. The summed E-state index contributed by atoms with van der Waals surface area (Å²) in [5, 5.41) is 0. The molecule has 0 amide bonds. The monoisotopic (exact) mass is 226 g/mol. The average Bonchev–Trinajstić information content (AvgIpc) is 1.35. The van der Waals surface area contributed by atoms with Crippen LogP contribution in [0.25, 0.3) is 0 Å². The quantitative estimate of drug-likeness (QED) is 0.357. The van der Waals surface area contributed by atoms with Gasteiger partial charge in [0.25, 0.3) is 10.1 Å². The normalized spacial score (nSPS) is 7.00. The summed E-state index contributed by atoms with van der Waals surface area (Å²) >= 11 is 0. The molecule has 0 saturated heterocycles. The van der Waals surface area contributed by atoms with E-state index in [-0.39, 0.29) is 89.7 Å². The SMILES string of the molecule is CCS(=O)(=O)O.[Cl-].[Cl-].[Na+].[Na+]. The van der Waals surface area contributed by atoms with E-state index in [9.17, 15) is 8.42 Å². The zero-order valence-electron chi connectivity index (χ0n) is 6.13. The molecule has 0 spiro atoms. The van der Waals surface area contributed by atoms with Crippen molar-refractivity contribution in [3.63, 3.8) is 0 Å². The second kappa shape index (κ2) is 14.0. The number of hydrogen-bond donors (Lipinski definition) is 1. The predicted molar refractivity (Wildman–Crippen MR) is 22.1 cm³/mol. The molecule has 3 nitrogen and oxygen atoms in total. The van der Waals surface area contributed by atoms with Crippen molar-refractivity contribution in [2.75, 3.05) is 5.75 Å². The first-order valence-electron chi connectivity index (χ1n) is 1.51. The topological polar surface area (TPSA) is 54.4 Å². The molecule has 0 aliphatic rings. The van der Waals surface area contributed by atoms with Crippen LogP contribution in [0.4, 0.5) is 0 Å². The van der Waals surface area contributed by atoms with E-state index in [1.165, 1.54) is 6.92 Å². The zero-order chi connectivity index (χ0) is 5.21. The molecule has 54 valence electrons. The van der Waals surface area contributed by atoms with Crippen molar-refractivity contribution in [3.8, 4) is 0 Å². The first-order chi connectivity index (χ1) is 2.56. The van der Waals surface area contributed by atoms with Crippen LogP contribution in [0.2, 0.25) is 0 Å². The third-order valence-corrected chi connectivity index (χ3v) is 1.09. The third kappa shape index (κ3) is 31.3. The average molecular weight is 227 g/mol. The molecule has 0 aromatic rings. The Morgan fingerprint density at radius 3 is 1.30 bits per heavy atom. The van der Waals surface area contributed by atoms with Gasteiger partial charge >= 0.3 is 59.1 Å². The van der Waals surface area contributed by atoms with Crippen LogP contribution in [0.1, 0.15) is 6.92 Å². The molecular weight excluding hydrogens is 221 g/mol. The molecule has 0 heterocycles. The van der Waals surface area contributed by atoms with E-state index in [2.05, 4.69) is 0 Å². The van der Waals surface area contributed by atoms with Gasteiger partial charge in [-0.1, -0.05) is 0 Å². The van der Waals surface area contributed by atoms with Gasteiger partial charge in [0.05, 0.1) is 5.75 Å². The fraction of sp³-hybridized carbons (Fsp3) is 1.00. The summed E-state index contributed by atoms with van der Waals surface area (Å²) in [7, 11) is -3.66. The van der Waals surface area contributed by atoms with E-state index < -0.39 is 10.1 Å². The largest absolute Gasteiger partial charge is 1.00 e. The smallest absolute Gasteiger partial charge is 1.00 e. The van der Waals surface area contributed by atoms with Gasteiger partial charge in [-0.25, -0.2) is 0 Å². The summed E-state index contributed by atoms with van der Waals surface area (Å²) in [5.74, 6) is -0.201. The summed E-state index contributed by atoms with van der Waals surface area (Å²) in [4.78, 5) is 0. The van der Waals surface area contributed by atoms with Crippen LogP contribution in [0.15, 0.2) is 0 Å². The zero-order valence-corrected chi connectivity index (χ0v) is 12.5. The van der Waals surface area contributed by atoms with E-state index >= 15 is 0 Å². The first kappa shape index (κ1) is 29.4. The Bertz CT molecular complexity index is 124. The molecule has 0 aromatic heterocycles. The molecule has 0 radical (unpaired) electrons. The Labute approximate surface area is 118 Å². The molecule has 10 heavy (non-hydrogen) atoms. The molecule has 0 aromatic carbocycles. The summed E-state index contributed by atoms with van der Waals surface area (Å²) < 4.78 is 26.9. The second-order valence-corrected chi connectivity index (χ2v) is 2.61. The number of rotatable bonds is 1. The van der Waals surface area contributed by atoms with E-state index in [0.29, 0.717) is 0 Å². The van der Waals surface area contributed by atoms with E-state index in [4.69, 9.17) is 4.55 Å². The van der Waals surface area contributed by atoms with Gasteiger partial charge in [0, 0.05) is 0 Å². The Kier molecular flexibility index (Phi) is 41.3. The van der Waals surface area contributed by atoms with Gasteiger partial charge in [0.2, 0.25) is 0 Å². The maximum Gasteiger partial charge on any atom is 1.00 e. The first-order valence-corrected chi connectivity index (χ1v) is 3.12. The molecule has 0 fully saturated rings. The van der Waals surface area contributed by atoms with Gasteiger partial charge in [0.1, 0.15) is 0 Å². The fourth-order valence-electron chi connectivity index (χ4n) is 0. The van der Waals surface area contributed by atoms with Crippen LogP contribution in [-0.4, -0.2) is 18.7 Å². The minimum Gasteiger partial charge on any atom is -1.00 e. The van der Waals surface area contributed by atoms with Gasteiger partial charge in [-0.2, -0.15) is 8.42 Å². The van der Waals surface area contributed by atoms with Gasteiger partial charge in [-0.3, -0.25) is 4.55 Å². The second-order valence-electron chi connectivity index (χ2n) is 0.871. The van der Waals surface area contributed by atoms with Crippen LogP contribution < -0.4 is 83.9 Å². The molecule has 0 saturated carbocycles. The van der Waals surface area contributed by atoms with Crippen molar-refractivity contribution in [1.29, 1.82) is 0 Å². The van der Waals surface area contributed by atoms with Gasteiger partial charge in [-0.15, -0.1) is 0 Å². The summed E-state index contributed by atoms with van der Waals surface area (Å²) in [6.45, 7) is 1.37. The van der Waals surface area contributed by atoms with E-state index in [1.807, 2.05) is 0 Å². The fourth-order valence-corrected chi connectivity index (χ4v) is 0. The molecular formula is C2H6Cl2Na2O3S. The number of halogens is 2. The van der Waals surface area contributed by atoms with Gasteiger partial charge in [0.15, 0.2) is 0 Å². The third-order valence-electron chi connectivity index (χ3n) is 0.365. The van der Waals surface area contributed by atoms with Crippen molar-refractivity contribution in [3.05, 3.63) is 0 Å². The van der Waals surface area contributed by atoms with Crippen molar-refractivity contribution in [1.82, 2.24) is 0 Å². The van der Waals surface area contributed by atoms with Crippen LogP contribution in [0, 0.1) is 0 Å². The summed E-state index contributed by atoms with van der Waals surface area (Å²) in [5.41, 5.74) is 0. The molecule has 0 rings (SSSR count). The van der Waals surface area contributed by atoms with Gasteiger partial charge < -0.3 is 24.8 Å².